The van der Waals surface area contributed by atoms with Crippen molar-refractivity contribution < 1.29 is 4.79 Å². The standard InChI is InChI=1S/C29H37N11O/c1-20(15-32-29(30-2)33-23-13-21-5-3-4-6-22(21)14-23)24-16-40(36-26(24)17-38-11-8-31-9-12-38)19-28(41)39-10-7-25-27(18-39)35-37-34-25/h3-6,15-16,23,31H,2,7-14,17-19H2,1H3,(H,32,33)(H,34,35,37)/b20-15+. The highest BCUT2D eigenvalue weighted by Crippen LogP contribution is 2.23. The maximum absolute atomic E-state index is 13.2. The van der Waals surface area contributed by atoms with E-state index < -0.39 is 0 Å². The van der Waals surface area contributed by atoms with Gasteiger partial charge in [-0.2, -0.15) is 5.10 Å². The molecular weight excluding hydrogens is 518 g/mol. The van der Waals surface area contributed by atoms with Gasteiger partial charge in [0.1, 0.15) is 12.2 Å². The SMILES string of the molecule is C=N/C(=N\C=C(/C)c1cn(CC(=O)N2CCc3[nH]nnc3C2)nc1CN1CCNCC1)NC1Cc2ccccc2C1. The zero-order valence-electron chi connectivity index (χ0n) is 23.5. The van der Waals surface area contributed by atoms with E-state index in [9.17, 15) is 4.79 Å². The highest BCUT2D eigenvalue weighted by atomic mass is 16.2. The van der Waals surface area contributed by atoms with Crippen molar-refractivity contribution in [3.8, 4) is 0 Å². The number of fused-ring (bicyclic) bond motifs is 2. The lowest BCUT2D eigenvalue weighted by Gasteiger charge is -2.26. The van der Waals surface area contributed by atoms with Gasteiger partial charge in [-0.1, -0.05) is 29.5 Å². The monoisotopic (exact) mass is 555 g/mol. The Kier molecular flexibility index (Phi) is 8.01. The summed E-state index contributed by atoms with van der Waals surface area (Å²) in [5.41, 5.74) is 7.45. The third-order valence-corrected chi connectivity index (χ3v) is 8.09. The van der Waals surface area contributed by atoms with E-state index in [0.29, 0.717) is 25.6 Å². The second-order valence-electron chi connectivity index (χ2n) is 11.0. The van der Waals surface area contributed by atoms with Gasteiger partial charge in [0.2, 0.25) is 11.9 Å². The molecule has 0 spiro atoms. The first kappa shape index (κ1) is 27.0. The number of hydrogen-bond donors (Lipinski definition) is 3. The minimum atomic E-state index is 0.0148. The summed E-state index contributed by atoms with van der Waals surface area (Å²) in [6.45, 7) is 11.6. The Morgan fingerprint density at radius 1 is 1.20 bits per heavy atom. The minimum Gasteiger partial charge on any atom is -0.351 e. The minimum absolute atomic E-state index is 0.0148. The fourth-order valence-electron chi connectivity index (χ4n) is 5.82. The Hall–Kier alpha value is -4.16. The van der Waals surface area contributed by atoms with Crippen LogP contribution in [-0.2, 0) is 43.7 Å². The van der Waals surface area contributed by atoms with Crippen molar-refractivity contribution >= 4 is 24.2 Å². The number of rotatable bonds is 7. The van der Waals surface area contributed by atoms with E-state index in [4.69, 9.17) is 5.10 Å². The van der Waals surface area contributed by atoms with E-state index in [2.05, 4.69) is 71.9 Å². The molecule has 0 radical (unpaired) electrons. The molecule has 2 aromatic heterocycles. The number of allylic oxidation sites excluding steroid dienone is 1. The number of guanidine groups is 1. The predicted octanol–water partition coefficient (Wildman–Crippen LogP) is 1.17. The van der Waals surface area contributed by atoms with Gasteiger partial charge < -0.3 is 15.5 Å². The van der Waals surface area contributed by atoms with Crippen LogP contribution in [0.15, 0.2) is 46.6 Å². The predicted molar refractivity (Wildman–Crippen MR) is 157 cm³/mol. The molecule has 3 aromatic rings. The molecule has 0 atom stereocenters. The maximum Gasteiger partial charge on any atom is 0.244 e. The first-order chi connectivity index (χ1) is 20.1. The number of carbonyl (C=O) groups is 1. The number of aliphatic imine (C=N–C) groups is 2. The first-order valence-electron chi connectivity index (χ1n) is 14.3. The number of aromatic nitrogens is 5. The summed E-state index contributed by atoms with van der Waals surface area (Å²) in [6.07, 6.45) is 6.40. The fraction of sp³-hybridized carbons (Fsp3) is 0.448. The van der Waals surface area contributed by atoms with Gasteiger partial charge in [0, 0.05) is 69.7 Å². The number of amides is 1. The molecular formula is C29H37N11O. The van der Waals surface area contributed by atoms with Gasteiger partial charge in [0.25, 0.3) is 0 Å². The molecule has 3 N–H and O–H groups in total. The summed E-state index contributed by atoms with van der Waals surface area (Å²) in [5.74, 6) is 0.520. The largest absolute Gasteiger partial charge is 0.351 e. The van der Waals surface area contributed by atoms with Crippen LogP contribution in [0.3, 0.4) is 0 Å². The van der Waals surface area contributed by atoms with Gasteiger partial charge >= 0.3 is 0 Å². The summed E-state index contributed by atoms with van der Waals surface area (Å²) >= 11 is 0. The van der Waals surface area contributed by atoms with Gasteiger partial charge in [-0.25, -0.2) is 9.98 Å². The zero-order chi connectivity index (χ0) is 28.2. The van der Waals surface area contributed by atoms with Crippen LogP contribution in [0.1, 0.15) is 40.7 Å². The van der Waals surface area contributed by atoms with Crippen LogP contribution in [0, 0.1) is 0 Å². The molecule has 3 aliphatic rings. The van der Waals surface area contributed by atoms with E-state index in [-0.39, 0.29) is 18.5 Å². The van der Waals surface area contributed by atoms with Crippen molar-refractivity contribution in [1.29, 1.82) is 0 Å². The number of nitrogens with one attached hydrogen (secondary N) is 3. The normalized spacial score (nSPS) is 18.3. The van der Waals surface area contributed by atoms with Crippen molar-refractivity contribution in [3.05, 3.63) is 70.4 Å². The molecule has 12 heteroatoms. The lowest BCUT2D eigenvalue weighted by atomic mass is 10.1. The average Bonchev–Trinajstić information content (AvgIpc) is 3.73. The Morgan fingerprint density at radius 2 is 1.98 bits per heavy atom. The van der Waals surface area contributed by atoms with Crippen molar-refractivity contribution in [1.82, 2.24) is 45.6 Å². The molecule has 0 saturated carbocycles. The van der Waals surface area contributed by atoms with Crippen molar-refractivity contribution in [2.45, 2.75) is 51.9 Å². The van der Waals surface area contributed by atoms with Crippen LogP contribution in [0.5, 0.6) is 0 Å². The molecule has 214 valence electrons. The Morgan fingerprint density at radius 3 is 2.73 bits per heavy atom. The van der Waals surface area contributed by atoms with Crippen LogP contribution in [0.4, 0.5) is 0 Å². The number of piperazine rings is 1. The summed E-state index contributed by atoms with van der Waals surface area (Å²) in [7, 11) is 0. The van der Waals surface area contributed by atoms with Crippen LogP contribution in [0.2, 0.25) is 0 Å². The number of nitrogens with zero attached hydrogens (tertiary/aromatic N) is 8. The van der Waals surface area contributed by atoms with Gasteiger partial charge in [0.05, 0.1) is 17.9 Å². The quantitative estimate of drug-likeness (QED) is 0.295. The van der Waals surface area contributed by atoms with Gasteiger partial charge in [-0.05, 0) is 43.2 Å². The molecule has 1 fully saturated rings. The third kappa shape index (κ3) is 6.28. The second-order valence-corrected chi connectivity index (χ2v) is 11.0. The number of aromatic amines is 1. The lowest BCUT2D eigenvalue weighted by molar-refractivity contribution is -0.133. The third-order valence-electron chi connectivity index (χ3n) is 8.09. The van der Waals surface area contributed by atoms with Crippen molar-refractivity contribution in [2.75, 3.05) is 32.7 Å². The molecule has 1 aromatic carbocycles. The smallest absolute Gasteiger partial charge is 0.244 e. The highest BCUT2D eigenvalue weighted by molar-refractivity contribution is 5.85. The summed E-state index contributed by atoms with van der Waals surface area (Å²) in [5, 5.41) is 22.6. The number of hydrogen-bond acceptors (Lipinski definition) is 7. The molecule has 4 heterocycles. The summed E-state index contributed by atoms with van der Waals surface area (Å²) in [4.78, 5) is 26.2. The molecule has 1 aliphatic carbocycles. The van der Waals surface area contributed by atoms with Crippen LogP contribution in [-0.4, -0.2) is 92.3 Å². The molecule has 2 aliphatic heterocycles. The number of benzene rings is 1. The molecule has 41 heavy (non-hydrogen) atoms. The molecule has 12 nitrogen and oxygen atoms in total. The Labute approximate surface area is 239 Å². The van der Waals surface area contributed by atoms with Gasteiger partial charge in [-0.15, -0.1) is 5.10 Å². The highest BCUT2D eigenvalue weighted by Gasteiger charge is 2.25. The van der Waals surface area contributed by atoms with Crippen LogP contribution in [0.25, 0.3) is 5.57 Å². The molecule has 0 bridgehead atoms. The lowest BCUT2D eigenvalue weighted by Crippen LogP contribution is -2.43. The van der Waals surface area contributed by atoms with E-state index in [0.717, 1.165) is 73.7 Å². The number of H-pyrrole nitrogens is 1. The van der Waals surface area contributed by atoms with Gasteiger partial charge in [-0.3, -0.25) is 19.5 Å². The maximum atomic E-state index is 13.2. The van der Waals surface area contributed by atoms with E-state index >= 15 is 0 Å². The Balaban J connectivity index is 1.18. The van der Waals surface area contributed by atoms with Crippen molar-refractivity contribution in [3.63, 3.8) is 0 Å². The zero-order valence-corrected chi connectivity index (χ0v) is 23.5. The first-order valence-corrected chi connectivity index (χ1v) is 14.3. The molecule has 1 saturated heterocycles. The molecule has 1 amide bonds. The molecule has 0 unspecified atom stereocenters. The van der Waals surface area contributed by atoms with E-state index in [1.165, 1.54) is 11.1 Å². The second kappa shape index (κ2) is 12.1. The summed E-state index contributed by atoms with van der Waals surface area (Å²) in [6, 6.07) is 8.76. The Bertz CT molecular complexity index is 1440. The van der Waals surface area contributed by atoms with Gasteiger partial charge in [0.15, 0.2) is 0 Å². The van der Waals surface area contributed by atoms with E-state index in [1.54, 1.807) is 4.68 Å². The van der Waals surface area contributed by atoms with Crippen LogP contribution >= 0.6 is 0 Å². The van der Waals surface area contributed by atoms with Crippen molar-refractivity contribution in [2.24, 2.45) is 9.98 Å². The van der Waals surface area contributed by atoms with E-state index in [1.807, 2.05) is 24.2 Å². The average molecular weight is 556 g/mol. The fourth-order valence-corrected chi connectivity index (χ4v) is 5.82. The molecule has 6 rings (SSSR count). The summed E-state index contributed by atoms with van der Waals surface area (Å²) < 4.78 is 1.76. The topological polar surface area (TPSA) is 132 Å². The number of carbonyl (C=O) groups excluding carboxylic acids is 1. The van der Waals surface area contributed by atoms with Crippen LogP contribution < -0.4 is 10.6 Å².